The number of para-hydroxylation sites is 3. The van der Waals surface area contributed by atoms with E-state index < -0.39 is 6.04 Å². The summed E-state index contributed by atoms with van der Waals surface area (Å²) in [5, 5.41) is 7.15. The van der Waals surface area contributed by atoms with E-state index in [0.29, 0.717) is 5.56 Å². The molecule has 8 aromatic carbocycles. The molecule has 11 aromatic rings. The fourth-order valence-electron chi connectivity index (χ4n) is 7.98. The number of fused-ring (bicyclic) bond motifs is 9. The lowest BCUT2D eigenvalue weighted by atomic mass is 9.98. The van der Waals surface area contributed by atoms with Crippen LogP contribution in [0.25, 0.3) is 97.4 Å². The molecule has 0 unspecified atom stereocenters. The summed E-state index contributed by atoms with van der Waals surface area (Å²) in [6, 6.07) is 51.9. The molecule has 11 rings (SSSR count). The second kappa shape index (κ2) is 11.0. The number of nitrogens with zero attached hydrogens (tertiary/aromatic N) is 2. The normalized spacial score (nSPS) is 13.3. The first kappa shape index (κ1) is 23.9. The van der Waals surface area contributed by atoms with Crippen LogP contribution in [0.1, 0.15) is 6.85 Å². The highest BCUT2D eigenvalue weighted by Gasteiger charge is 2.19. The van der Waals surface area contributed by atoms with Crippen LogP contribution in [0.5, 0.6) is 0 Å². The smallest absolute Gasteiger partial charge is 0.0629 e. The van der Waals surface area contributed by atoms with Gasteiger partial charge in [0.15, 0.2) is 0 Å². The fourth-order valence-corrected chi connectivity index (χ4v) is 9.09. The highest BCUT2D eigenvalue weighted by molar-refractivity contribution is 7.25. The topological polar surface area (TPSA) is 9.86 Å². The van der Waals surface area contributed by atoms with Crippen molar-refractivity contribution in [1.29, 1.82) is 0 Å². The van der Waals surface area contributed by atoms with Crippen molar-refractivity contribution < 1.29 is 6.85 Å². The van der Waals surface area contributed by atoms with Crippen molar-refractivity contribution in [3.8, 4) is 33.6 Å². The first-order chi connectivity index (χ1) is 27.4. The Labute approximate surface area is 305 Å². The molecule has 0 saturated carbocycles. The molecule has 0 fully saturated rings. The van der Waals surface area contributed by atoms with E-state index in [9.17, 15) is 0 Å². The zero-order chi connectivity index (χ0) is 37.8. The second-order valence-corrected chi connectivity index (χ2v) is 14.1. The highest BCUT2D eigenvalue weighted by Crippen LogP contribution is 2.43. The molecule has 0 bridgehead atoms. The average Bonchev–Trinajstić information content (AvgIpc) is 3.90. The monoisotopic (exact) mass is 671 g/mol. The fraction of sp³-hybridized carbons (Fsp3) is 0. The van der Waals surface area contributed by atoms with Gasteiger partial charge in [-0.15, -0.1) is 11.3 Å². The number of hydrogen-bond donors (Lipinski definition) is 0. The molecule has 0 N–H and O–H groups in total. The highest BCUT2D eigenvalue weighted by atomic mass is 32.1. The summed E-state index contributed by atoms with van der Waals surface area (Å²) in [7, 11) is 0. The molecule has 238 valence electrons. The lowest BCUT2D eigenvalue weighted by Gasteiger charge is -2.12. The van der Waals surface area contributed by atoms with Crippen LogP contribution in [0.15, 0.2) is 182 Å². The van der Waals surface area contributed by atoms with E-state index in [-0.39, 0.29) is 29.7 Å². The van der Waals surface area contributed by atoms with E-state index in [4.69, 9.17) is 6.85 Å². The summed E-state index contributed by atoms with van der Waals surface area (Å²) >= 11 is 1.77. The van der Waals surface area contributed by atoms with Crippen LogP contribution in [0.2, 0.25) is 0 Å². The van der Waals surface area contributed by atoms with Crippen molar-refractivity contribution in [3.05, 3.63) is 182 Å². The quantitative estimate of drug-likeness (QED) is 0.176. The van der Waals surface area contributed by atoms with E-state index in [0.717, 1.165) is 38.9 Å². The van der Waals surface area contributed by atoms with E-state index in [1.165, 1.54) is 47.4 Å². The van der Waals surface area contributed by atoms with Crippen LogP contribution in [-0.4, -0.2) is 9.13 Å². The van der Waals surface area contributed by atoms with Crippen molar-refractivity contribution in [2.75, 3.05) is 0 Å². The van der Waals surface area contributed by atoms with Gasteiger partial charge in [-0.25, -0.2) is 0 Å². The minimum atomic E-state index is -0.391. The number of thiophene rings is 1. The van der Waals surface area contributed by atoms with Crippen molar-refractivity contribution in [2.24, 2.45) is 0 Å². The molecular weight excluding hydrogens is 637 g/mol. The number of benzene rings is 8. The van der Waals surface area contributed by atoms with Gasteiger partial charge in [0.25, 0.3) is 0 Å². The van der Waals surface area contributed by atoms with E-state index >= 15 is 0 Å². The zero-order valence-electron chi connectivity index (χ0n) is 32.2. The van der Waals surface area contributed by atoms with Gasteiger partial charge in [-0.05, 0) is 89.0 Å². The van der Waals surface area contributed by atoms with Crippen LogP contribution in [0, 0.1) is 0 Å². The summed E-state index contributed by atoms with van der Waals surface area (Å²) in [5.74, 6) is 0. The number of rotatable bonds is 4. The lowest BCUT2D eigenvalue weighted by molar-refractivity contribution is 1.17. The van der Waals surface area contributed by atoms with Gasteiger partial charge >= 0.3 is 0 Å². The van der Waals surface area contributed by atoms with Crippen LogP contribution in [0.3, 0.4) is 0 Å². The van der Waals surface area contributed by atoms with Gasteiger partial charge in [0.2, 0.25) is 0 Å². The average molecular weight is 672 g/mol. The molecule has 0 amide bonds. The Balaban J connectivity index is 1.11. The Morgan fingerprint density at radius 1 is 0.392 bits per heavy atom. The SMILES string of the molecule is [2H]c1c([2H])c([2H])c(-c2cccc(-c3ccc4sc5cccc(-n6c7ccccc7c7cc(-n8c9ccccc9c9ccccc98)ccc76)c5c4c3)c2)c([2H])c1[2H]. The van der Waals surface area contributed by atoms with E-state index in [1.54, 1.807) is 11.3 Å². The zero-order valence-corrected chi connectivity index (χ0v) is 28.1. The van der Waals surface area contributed by atoms with Gasteiger partial charge in [-0.3, -0.25) is 0 Å². The Hall–Kier alpha value is -6.42. The summed E-state index contributed by atoms with van der Waals surface area (Å²) in [5.41, 5.74) is 9.53. The third-order valence-corrected chi connectivity index (χ3v) is 11.3. The van der Waals surface area contributed by atoms with Gasteiger partial charge in [0, 0.05) is 47.4 Å². The Morgan fingerprint density at radius 2 is 1.00 bits per heavy atom. The summed E-state index contributed by atoms with van der Waals surface area (Å²) in [4.78, 5) is 0. The molecule has 0 aliphatic carbocycles. The van der Waals surface area contributed by atoms with Gasteiger partial charge in [-0.2, -0.15) is 0 Å². The third kappa shape index (κ3) is 4.29. The predicted molar refractivity (Wildman–Crippen MR) is 219 cm³/mol. The van der Waals surface area contributed by atoms with Gasteiger partial charge < -0.3 is 9.13 Å². The van der Waals surface area contributed by atoms with Crippen molar-refractivity contribution in [2.45, 2.75) is 0 Å². The van der Waals surface area contributed by atoms with Gasteiger partial charge in [0.05, 0.1) is 34.6 Å². The van der Waals surface area contributed by atoms with Crippen LogP contribution in [0.4, 0.5) is 0 Å². The molecule has 3 heteroatoms. The summed E-state index contributed by atoms with van der Waals surface area (Å²) in [6.07, 6.45) is 0. The van der Waals surface area contributed by atoms with Crippen LogP contribution < -0.4 is 0 Å². The maximum Gasteiger partial charge on any atom is 0.0629 e. The Kier molecular flexibility index (Phi) is 5.17. The Morgan fingerprint density at radius 3 is 1.75 bits per heavy atom. The molecule has 0 atom stereocenters. The first-order valence-corrected chi connectivity index (χ1v) is 17.8. The van der Waals surface area contributed by atoms with Crippen LogP contribution in [-0.2, 0) is 0 Å². The second-order valence-electron chi connectivity index (χ2n) is 13.0. The van der Waals surface area contributed by atoms with E-state index in [2.05, 4.69) is 137 Å². The standard InChI is InChI=1S/C48H30N2S/c1-2-12-31(13-3-1)32-14-10-15-33(28-32)34-24-27-46-40(29-34)48-45(22-11-23-47(48)51-46)50-43-21-9-6-18-38(43)39-30-35(25-26-44(39)50)49-41-19-7-4-16-36(41)37-17-5-8-20-42(37)49/h1-30H/i1D,2D,3D,12D,13D. The van der Waals surface area contributed by atoms with Gasteiger partial charge in [0.1, 0.15) is 0 Å². The summed E-state index contributed by atoms with van der Waals surface area (Å²) in [6.45, 7) is 0. The number of aromatic nitrogens is 2. The van der Waals surface area contributed by atoms with Gasteiger partial charge in [-0.1, -0.05) is 115 Å². The molecule has 0 aliphatic rings. The molecule has 0 radical (unpaired) electrons. The largest absolute Gasteiger partial charge is 0.309 e. The minimum Gasteiger partial charge on any atom is -0.309 e. The maximum absolute atomic E-state index is 8.57. The molecule has 0 aliphatic heterocycles. The van der Waals surface area contributed by atoms with Crippen molar-refractivity contribution >= 4 is 75.1 Å². The van der Waals surface area contributed by atoms with Crippen molar-refractivity contribution in [1.82, 2.24) is 9.13 Å². The summed E-state index contributed by atoms with van der Waals surface area (Å²) < 4.78 is 48.8. The molecule has 3 aromatic heterocycles. The molecule has 0 saturated heterocycles. The van der Waals surface area contributed by atoms with Crippen molar-refractivity contribution in [3.63, 3.8) is 0 Å². The number of hydrogen-bond acceptors (Lipinski definition) is 1. The molecular formula is C48H30N2S. The lowest BCUT2D eigenvalue weighted by Crippen LogP contribution is -1.96. The first-order valence-electron chi connectivity index (χ1n) is 19.5. The maximum atomic E-state index is 8.57. The van der Waals surface area contributed by atoms with E-state index in [1.807, 2.05) is 24.3 Å². The molecule has 0 spiro atoms. The molecule has 3 heterocycles. The molecule has 51 heavy (non-hydrogen) atoms. The third-order valence-electron chi connectivity index (χ3n) is 10.2. The van der Waals surface area contributed by atoms with Crippen LogP contribution >= 0.6 is 11.3 Å². The minimum absolute atomic E-state index is 0.203. The predicted octanol–water partition coefficient (Wildman–Crippen LogP) is 13.6. The molecule has 2 nitrogen and oxygen atoms in total. The Bertz CT molecular complexity index is 3360.